The van der Waals surface area contributed by atoms with E-state index in [-0.39, 0.29) is 6.61 Å². The molecule has 1 atom stereocenters. The van der Waals surface area contributed by atoms with Crippen LogP contribution in [0.4, 0.5) is 0 Å². The van der Waals surface area contributed by atoms with Gasteiger partial charge in [-0.2, -0.15) is 0 Å². The Morgan fingerprint density at radius 1 is 1.22 bits per heavy atom. The van der Waals surface area contributed by atoms with Crippen molar-refractivity contribution in [3.8, 4) is 0 Å². The third-order valence-electron chi connectivity index (χ3n) is 4.51. The molecule has 0 spiro atoms. The Labute approximate surface area is 139 Å². The van der Waals surface area contributed by atoms with Crippen molar-refractivity contribution in [2.45, 2.75) is 19.9 Å². The van der Waals surface area contributed by atoms with Crippen LogP contribution in [0, 0.1) is 0 Å². The van der Waals surface area contributed by atoms with Gasteiger partial charge in [0.2, 0.25) is 0 Å². The van der Waals surface area contributed by atoms with Crippen LogP contribution in [0.2, 0.25) is 0 Å². The van der Waals surface area contributed by atoms with Gasteiger partial charge in [-0.3, -0.25) is 9.80 Å². The second-order valence-corrected chi connectivity index (χ2v) is 5.97. The molecule has 4 heteroatoms. The zero-order valence-corrected chi connectivity index (χ0v) is 14.3. The summed E-state index contributed by atoms with van der Waals surface area (Å²) in [6.45, 7) is 10.3. The molecule has 0 N–H and O–H groups in total. The number of piperazine rings is 1. The molecule has 23 heavy (non-hydrogen) atoms. The average Bonchev–Trinajstić information content (AvgIpc) is 2.61. The normalized spacial score (nSPS) is 18.8. The van der Waals surface area contributed by atoms with E-state index in [9.17, 15) is 4.79 Å². The number of hydrogen-bond acceptors (Lipinski definition) is 4. The molecular formula is C19H28N2O2. The summed E-state index contributed by atoms with van der Waals surface area (Å²) in [6, 6.07) is 11.1. The molecule has 1 saturated heterocycles. The number of carbonyl (C=O) groups excluding carboxylic acids is 1. The van der Waals surface area contributed by atoms with Crippen molar-refractivity contribution in [3.63, 3.8) is 0 Å². The predicted molar refractivity (Wildman–Crippen MR) is 93.5 cm³/mol. The van der Waals surface area contributed by atoms with Crippen molar-refractivity contribution in [1.82, 2.24) is 9.80 Å². The van der Waals surface area contributed by atoms with Gasteiger partial charge in [0, 0.05) is 32.7 Å². The van der Waals surface area contributed by atoms with Crippen LogP contribution in [-0.2, 0) is 9.53 Å². The fourth-order valence-electron chi connectivity index (χ4n) is 3.13. The first-order valence-corrected chi connectivity index (χ1v) is 8.41. The van der Waals surface area contributed by atoms with Crippen LogP contribution < -0.4 is 0 Å². The van der Waals surface area contributed by atoms with Gasteiger partial charge in [-0.05, 0) is 19.4 Å². The summed E-state index contributed by atoms with van der Waals surface area (Å²) in [7, 11) is 0. The Morgan fingerprint density at radius 2 is 1.91 bits per heavy atom. The molecule has 1 aromatic rings. The molecule has 0 saturated carbocycles. The molecular weight excluding hydrogens is 288 g/mol. The Balaban J connectivity index is 1.92. The average molecular weight is 316 g/mol. The van der Waals surface area contributed by atoms with Gasteiger partial charge in [0.25, 0.3) is 0 Å². The van der Waals surface area contributed by atoms with E-state index in [2.05, 4.69) is 60.1 Å². The van der Waals surface area contributed by atoms with E-state index >= 15 is 0 Å². The van der Waals surface area contributed by atoms with Crippen LogP contribution in [0.15, 0.2) is 42.0 Å². The van der Waals surface area contributed by atoms with Gasteiger partial charge in [-0.15, -0.1) is 0 Å². The maximum atomic E-state index is 10.3. The lowest BCUT2D eigenvalue weighted by molar-refractivity contribution is -0.112. The molecule has 1 unspecified atom stereocenters. The summed E-state index contributed by atoms with van der Waals surface area (Å²) in [5.41, 5.74) is 2.77. The van der Waals surface area contributed by atoms with E-state index < -0.39 is 0 Å². The molecule has 1 aliphatic heterocycles. The SMILES string of the molecule is C/C=C(\C)C(c1ccccc1)N1CCN(CCOCC=O)CC1. The van der Waals surface area contributed by atoms with Crippen LogP contribution >= 0.6 is 0 Å². The first kappa shape index (κ1) is 17.9. The Hall–Kier alpha value is -1.49. The van der Waals surface area contributed by atoms with Crippen molar-refractivity contribution in [2.75, 3.05) is 45.9 Å². The third kappa shape index (κ3) is 5.27. The summed E-state index contributed by atoms with van der Waals surface area (Å²) in [5.74, 6) is 0. The lowest BCUT2D eigenvalue weighted by atomic mass is 9.97. The second kappa shape index (κ2) is 9.60. The molecule has 0 aromatic heterocycles. The first-order valence-electron chi connectivity index (χ1n) is 8.41. The van der Waals surface area contributed by atoms with Crippen LogP contribution in [0.3, 0.4) is 0 Å². The van der Waals surface area contributed by atoms with E-state index in [4.69, 9.17) is 4.74 Å². The summed E-state index contributed by atoms with van der Waals surface area (Å²) >= 11 is 0. The number of hydrogen-bond donors (Lipinski definition) is 0. The fraction of sp³-hybridized carbons (Fsp3) is 0.526. The summed E-state index contributed by atoms with van der Waals surface area (Å²) in [5, 5.41) is 0. The zero-order chi connectivity index (χ0) is 16.5. The van der Waals surface area contributed by atoms with E-state index in [1.54, 1.807) is 0 Å². The van der Waals surface area contributed by atoms with Crippen LogP contribution in [-0.4, -0.2) is 62.0 Å². The summed E-state index contributed by atoms with van der Waals surface area (Å²) < 4.78 is 5.25. The highest BCUT2D eigenvalue weighted by atomic mass is 16.5. The Morgan fingerprint density at radius 3 is 2.52 bits per heavy atom. The molecule has 1 heterocycles. The Kier molecular flexibility index (Phi) is 7.46. The van der Waals surface area contributed by atoms with Gasteiger partial charge in [-0.1, -0.05) is 42.0 Å². The number of carbonyl (C=O) groups is 1. The van der Waals surface area contributed by atoms with Gasteiger partial charge in [0.1, 0.15) is 12.9 Å². The van der Waals surface area contributed by atoms with Gasteiger partial charge in [-0.25, -0.2) is 0 Å². The minimum Gasteiger partial charge on any atom is -0.373 e. The van der Waals surface area contributed by atoms with Crippen molar-refractivity contribution >= 4 is 6.29 Å². The number of allylic oxidation sites excluding steroid dienone is 1. The van der Waals surface area contributed by atoms with E-state index in [1.807, 2.05) is 0 Å². The third-order valence-corrected chi connectivity index (χ3v) is 4.51. The van der Waals surface area contributed by atoms with Gasteiger partial charge in [0.05, 0.1) is 12.6 Å². The molecule has 2 rings (SSSR count). The highest BCUT2D eigenvalue weighted by Crippen LogP contribution is 2.29. The molecule has 1 fully saturated rings. The number of rotatable bonds is 8. The molecule has 1 aliphatic rings. The maximum Gasteiger partial charge on any atom is 0.145 e. The number of benzene rings is 1. The molecule has 126 valence electrons. The molecule has 0 aliphatic carbocycles. The molecule has 0 bridgehead atoms. The van der Waals surface area contributed by atoms with E-state index in [1.165, 1.54) is 11.1 Å². The Bertz CT molecular complexity index is 493. The monoisotopic (exact) mass is 316 g/mol. The van der Waals surface area contributed by atoms with E-state index in [0.717, 1.165) is 39.0 Å². The van der Waals surface area contributed by atoms with Crippen LogP contribution in [0.25, 0.3) is 0 Å². The quantitative estimate of drug-likeness (QED) is 0.419. The first-order chi connectivity index (χ1) is 11.3. The lowest BCUT2D eigenvalue weighted by Gasteiger charge is -2.40. The summed E-state index contributed by atoms with van der Waals surface area (Å²) in [6.07, 6.45) is 3.03. The number of aldehydes is 1. The predicted octanol–water partition coefficient (Wildman–Crippen LogP) is 2.53. The zero-order valence-electron chi connectivity index (χ0n) is 14.3. The van der Waals surface area contributed by atoms with Crippen molar-refractivity contribution in [2.24, 2.45) is 0 Å². The molecule has 4 nitrogen and oxygen atoms in total. The second-order valence-electron chi connectivity index (χ2n) is 5.97. The van der Waals surface area contributed by atoms with Gasteiger partial charge < -0.3 is 9.53 Å². The lowest BCUT2D eigenvalue weighted by Crippen LogP contribution is -2.48. The van der Waals surface area contributed by atoms with Crippen LogP contribution in [0.5, 0.6) is 0 Å². The smallest absolute Gasteiger partial charge is 0.145 e. The number of nitrogens with zero attached hydrogens (tertiary/aromatic N) is 2. The highest BCUT2D eigenvalue weighted by Gasteiger charge is 2.25. The topological polar surface area (TPSA) is 32.8 Å². The highest BCUT2D eigenvalue weighted by molar-refractivity contribution is 5.50. The number of ether oxygens (including phenoxy) is 1. The fourth-order valence-corrected chi connectivity index (χ4v) is 3.13. The van der Waals surface area contributed by atoms with Gasteiger partial charge >= 0.3 is 0 Å². The molecule has 0 radical (unpaired) electrons. The van der Waals surface area contributed by atoms with Crippen molar-refractivity contribution < 1.29 is 9.53 Å². The standard InChI is InChI=1S/C19H28N2O2/c1-3-17(2)19(18-7-5-4-6-8-18)21-11-9-20(10-12-21)13-15-23-16-14-22/h3-8,14,19H,9-13,15-16H2,1-2H3/b17-3+. The summed E-state index contributed by atoms with van der Waals surface area (Å²) in [4.78, 5) is 15.2. The van der Waals surface area contributed by atoms with Crippen molar-refractivity contribution in [1.29, 1.82) is 0 Å². The molecule has 0 amide bonds. The van der Waals surface area contributed by atoms with Gasteiger partial charge in [0.15, 0.2) is 0 Å². The molecule has 1 aromatic carbocycles. The van der Waals surface area contributed by atoms with Crippen LogP contribution in [0.1, 0.15) is 25.5 Å². The van der Waals surface area contributed by atoms with Crippen molar-refractivity contribution in [3.05, 3.63) is 47.5 Å². The minimum absolute atomic E-state index is 0.205. The maximum absolute atomic E-state index is 10.3. The largest absolute Gasteiger partial charge is 0.373 e. The minimum atomic E-state index is 0.205. The van der Waals surface area contributed by atoms with E-state index in [0.29, 0.717) is 12.6 Å².